The number of nitrogens with one attached hydrogen (secondary N) is 2. The lowest BCUT2D eigenvalue weighted by Gasteiger charge is -2.38. The lowest BCUT2D eigenvalue weighted by atomic mass is 9.88. The molecule has 2 saturated heterocycles. The summed E-state index contributed by atoms with van der Waals surface area (Å²) in [6, 6.07) is 4.76. The van der Waals surface area contributed by atoms with E-state index in [0.29, 0.717) is 44.3 Å². The minimum atomic E-state index is -0.0611. The first-order chi connectivity index (χ1) is 14.1. The van der Waals surface area contributed by atoms with Crippen molar-refractivity contribution < 1.29 is 9.59 Å². The average Bonchev–Trinajstić information content (AvgIpc) is 3.22. The van der Waals surface area contributed by atoms with Gasteiger partial charge in [-0.25, -0.2) is 0 Å². The van der Waals surface area contributed by atoms with Crippen molar-refractivity contribution in [3.63, 3.8) is 0 Å². The summed E-state index contributed by atoms with van der Waals surface area (Å²) in [7, 11) is 2.20. The average molecular weight is 420 g/mol. The number of carbonyl (C=O) groups is 2. The number of nitrogens with zero attached hydrogens (tertiary/aromatic N) is 3. The molecule has 160 valence electrons. The number of likely N-dealkylation sites (tertiary alicyclic amines) is 2. The molecule has 7 nitrogen and oxygen atoms in total. The number of piperidine rings is 2. The van der Waals surface area contributed by atoms with Crippen molar-refractivity contribution in [3.05, 3.63) is 22.4 Å². The van der Waals surface area contributed by atoms with Crippen molar-refractivity contribution in [1.29, 1.82) is 0 Å². The first kappa shape index (κ1) is 21.8. The first-order valence-electron chi connectivity index (χ1n) is 10.7. The fourth-order valence-electron chi connectivity index (χ4n) is 4.25. The maximum absolute atomic E-state index is 11.9. The SMILES string of the molecule is CCNC(=NCC1CCCN(C)C1c1cccs1)NCCN1C(=O)CCCC1=O. The zero-order valence-electron chi connectivity index (χ0n) is 17.5. The molecular weight excluding hydrogens is 386 g/mol. The van der Waals surface area contributed by atoms with Crippen LogP contribution in [0.3, 0.4) is 0 Å². The zero-order valence-corrected chi connectivity index (χ0v) is 18.3. The van der Waals surface area contributed by atoms with Gasteiger partial charge in [-0.2, -0.15) is 0 Å². The molecule has 0 aromatic carbocycles. The van der Waals surface area contributed by atoms with Crippen molar-refractivity contribution in [2.45, 2.75) is 45.1 Å². The van der Waals surface area contributed by atoms with Crippen molar-refractivity contribution in [3.8, 4) is 0 Å². The van der Waals surface area contributed by atoms with Crippen LogP contribution in [0.25, 0.3) is 0 Å². The molecule has 0 saturated carbocycles. The quantitative estimate of drug-likeness (QED) is 0.403. The van der Waals surface area contributed by atoms with Gasteiger partial charge in [0.2, 0.25) is 11.8 Å². The molecule has 0 bridgehead atoms. The second-order valence-corrected chi connectivity index (χ2v) is 8.76. The highest BCUT2D eigenvalue weighted by molar-refractivity contribution is 7.10. The molecule has 2 aliphatic heterocycles. The Balaban J connectivity index is 1.57. The smallest absolute Gasteiger partial charge is 0.229 e. The molecule has 2 fully saturated rings. The van der Waals surface area contributed by atoms with Crippen molar-refractivity contribution in [2.75, 3.05) is 39.8 Å². The summed E-state index contributed by atoms with van der Waals surface area (Å²) < 4.78 is 0. The molecular formula is C21H33N5O2S. The maximum Gasteiger partial charge on any atom is 0.229 e. The summed E-state index contributed by atoms with van der Waals surface area (Å²) in [6.07, 6.45) is 3.99. The summed E-state index contributed by atoms with van der Waals surface area (Å²) in [5, 5.41) is 8.72. The van der Waals surface area contributed by atoms with E-state index in [2.05, 4.69) is 40.1 Å². The molecule has 0 aliphatic carbocycles. The molecule has 2 unspecified atom stereocenters. The number of carbonyl (C=O) groups excluding carboxylic acids is 2. The molecule has 0 spiro atoms. The van der Waals surface area contributed by atoms with E-state index in [-0.39, 0.29) is 11.8 Å². The number of amides is 2. The van der Waals surface area contributed by atoms with Gasteiger partial charge in [0.1, 0.15) is 0 Å². The molecule has 3 rings (SSSR count). The van der Waals surface area contributed by atoms with Gasteiger partial charge in [-0.3, -0.25) is 24.4 Å². The Morgan fingerprint density at radius 3 is 2.72 bits per heavy atom. The molecule has 8 heteroatoms. The normalized spacial score (nSPS) is 24.1. The van der Waals surface area contributed by atoms with E-state index < -0.39 is 0 Å². The first-order valence-corrected chi connectivity index (χ1v) is 11.6. The van der Waals surface area contributed by atoms with Gasteiger partial charge in [-0.1, -0.05) is 6.07 Å². The van der Waals surface area contributed by atoms with E-state index >= 15 is 0 Å². The Hall–Kier alpha value is -1.93. The maximum atomic E-state index is 11.9. The molecule has 2 aliphatic rings. The molecule has 1 aromatic rings. The third-order valence-electron chi connectivity index (χ3n) is 5.68. The standard InChI is InChI=1S/C21H33N5O2S/c1-3-22-21(23-11-13-26-18(27)9-4-10-19(26)28)24-15-16-7-5-12-25(2)20(16)17-8-6-14-29-17/h6,8,14,16,20H,3-5,7,9-13,15H2,1-2H3,(H2,22,23,24). The number of thiophene rings is 1. The number of hydrogen-bond acceptors (Lipinski definition) is 5. The minimum absolute atomic E-state index is 0.0611. The predicted molar refractivity (Wildman–Crippen MR) is 117 cm³/mol. The Labute approximate surface area is 177 Å². The van der Waals surface area contributed by atoms with Gasteiger partial charge in [-0.05, 0) is 57.1 Å². The third-order valence-corrected chi connectivity index (χ3v) is 6.62. The largest absolute Gasteiger partial charge is 0.357 e. The number of aliphatic imine (C=N–C) groups is 1. The van der Waals surface area contributed by atoms with Crippen LogP contribution in [-0.4, -0.2) is 67.3 Å². The van der Waals surface area contributed by atoms with Crippen molar-refractivity contribution in [1.82, 2.24) is 20.4 Å². The second-order valence-electron chi connectivity index (χ2n) is 7.78. The van der Waals surface area contributed by atoms with Crippen LogP contribution in [-0.2, 0) is 9.59 Å². The Morgan fingerprint density at radius 1 is 1.24 bits per heavy atom. The highest BCUT2D eigenvalue weighted by atomic mass is 32.1. The lowest BCUT2D eigenvalue weighted by Crippen LogP contribution is -2.46. The van der Waals surface area contributed by atoms with E-state index in [4.69, 9.17) is 4.99 Å². The highest BCUT2D eigenvalue weighted by Gasteiger charge is 2.31. The van der Waals surface area contributed by atoms with Gasteiger partial charge < -0.3 is 10.6 Å². The van der Waals surface area contributed by atoms with Crippen LogP contribution in [0.4, 0.5) is 0 Å². The van der Waals surface area contributed by atoms with Gasteiger partial charge in [0.05, 0.1) is 0 Å². The highest BCUT2D eigenvalue weighted by Crippen LogP contribution is 2.37. The number of hydrogen-bond donors (Lipinski definition) is 2. The van der Waals surface area contributed by atoms with E-state index in [1.54, 1.807) is 0 Å². The van der Waals surface area contributed by atoms with Crippen LogP contribution in [0.15, 0.2) is 22.5 Å². The van der Waals surface area contributed by atoms with Crippen LogP contribution in [0.5, 0.6) is 0 Å². The monoisotopic (exact) mass is 419 g/mol. The summed E-state index contributed by atoms with van der Waals surface area (Å²) in [4.78, 5) is 34.0. The van der Waals surface area contributed by atoms with Crippen molar-refractivity contribution >= 4 is 29.1 Å². The zero-order chi connectivity index (χ0) is 20.6. The van der Waals surface area contributed by atoms with Crippen LogP contribution < -0.4 is 10.6 Å². The lowest BCUT2D eigenvalue weighted by molar-refractivity contribution is -0.147. The second kappa shape index (κ2) is 10.7. The summed E-state index contributed by atoms with van der Waals surface area (Å²) in [6.45, 7) is 5.60. The van der Waals surface area contributed by atoms with Crippen LogP contribution in [0.1, 0.15) is 49.9 Å². The Bertz CT molecular complexity index is 690. The molecule has 2 atom stereocenters. The minimum Gasteiger partial charge on any atom is -0.357 e. The summed E-state index contributed by atoms with van der Waals surface area (Å²) in [5.41, 5.74) is 0. The van der Waals surface area contributed by atoms with Gasteiger partial charge in [-0.15, -0.1) is 11.3 Å². The molecule has 29 heavy (non-hydrogen) atoms. The van der Waals surface area contributed by atoms with Crippen LogP contribution in [0.2, 0.25) is 0 Å². The van der Waals surface area contributed by atoms with E-state index in [1.165, 1.54) is 22.6 Å². The number of rotatable bonds is 7. The molecule has 2 N–H and O–H groups in total. The van der Waals surface area contributed by atoms with E-state index in [9.17, 15) is 9.59 Å². The molecule has 1 aromatic heterocycles. The fraction of sp³-hybridized carbons (Fsp3) is 0.667. The topological polar surface area (TPSA) is 77.0 Å². The number of guanidine groups is 1. The van der Waals surface area contributed by atoms with E-state index in [1.807, 2.05) is 18.3 Å². The Morgan fingerprint density at radius 2 is 2.03 bits per heavy atom. The predicted octanol–water partition coefficient (Wildman–Crippen LogP) is 2.23. The number of imide groups is 1. The van der Waals surface area contributed by atoms with Gasteiger partial charge in [0.15, 0.2) is 5.96 Å². The van der Waals surface area contributed by atoms with Crippen LogP contribution in [0, 0.1) is 5.92 Å². The fourth-order valence-corrected chi connectivity index (χ4v) is 5.23. The van der Waals surface area contributed by atoms with Crippen LogP contribution >= 0.6 is 11.3 Å². The molecule has 0 radical (unpaired) electrons. The van der Waals surface area contributed by atoms with Gasteiger partial charge in [0, 0.05) is 49.9 Å². The Kier molecular flexibility index (Phi) is 8.06. The van der Waals surface area contributed by atoms with Gasteiger partial charge in [0.25, 0.3) is 0 Å². The van der Waals surface area contributed by atoms with Crippen molar-refractivity contribution in [2.24, 2.45) is 10.9 Å². The molecule has 2 amide bonds. The third kappa shape index (κ3) is 5.79. The summed E-state index contributed by atoms with van der Waals surface area (Å²) in [5.74, 6) is 1.11. The molecule has 3 heterocycles. The van der Waals surface area contributed by atoms with E-state index in [0.717, 1.165) is 25.6 Å². The summed E-state index contributed by atoms with van der Waals surface area (Å²) >= 11 is 1.82. The van der Waals surface area contributed by atoms with Gasteiger partial charge >= 0.3 is 0 Å².